The Hall–Kier alpha value is -5.40. The fraction of sp³-hybridized carbons (Fsp3) is 0.293. The van der Waals surface area contributed by atoms with Crippen molar-refractivity contribution in [1.29, 1.82) is 0 Å². The van der Waals surface area contributed by atoms with Gasteiger partial charge in [-0.15, -0.1) is 0 Å². The van der Waals surface area contributed by atoms with E-state index in [4.69, 9.17) is 27.9 Å². The fourth-order valence-corrected chi connectivity index (χ4v) is 9.70. The van der Waals surface area contributed by atoms with Crippen molar-refractivity contribution in [2.24, 2.45) is 23.7 Å². The minimum Gasteiger partial charge on any atom is -0.504 e. The Labute approximate surface area is 329 Å². The molecule has 1 aromatic heterocycles. The molecule has 4 amide bonds. The van der Waals surface area contributed by atoms with Gasteiger partial charge in [-0.25, -0.2) is 9.88 Å². The number of carbonyl (C=O) groups is 4. The number of alkyl halides is 3. The van der Waals surface area contributed by atoms with Crippen LogP contribution in [-0.2, 0) is 30.8 Å². The first-order chi connectivity index (χ1) is 26.7. The predicted octanol–water partition coefficient (Wildman–Crippen LogP) is 7.73. The highest BCUT2D eigenvalue weighted by atomic mass is 35.5. The predicted molar refractivity (Wildman–Crippen MR) is 200 cm³/mol. The van der Waals surface area contributed by atoms with Crippen molar-refractivity contribution in [3.8, 4) is 11.5 Å². The minimum atomic E-state index is -4.82. The monoisotopic (exact) mass is 804 g/mol. The second kappa shape index (κ2) is 13.7. The summed E-state index contributed by atoms with van der Waals surface area (Å²) < 4.78 is 46.9. The molecule has 288 valence electrons. The number of hydrazine groups is 1. The molecule has 0 bridgehead atoms. The molecule has 10 nitrogen and oxygen atoms in total. The lowest BCUT2D eigenvalue weighted by atomic mass is 9.49. The summed E-state index contributed by atoms with van der Waals surface area (Å²) in [7, 11) is 1.24. The highest BCUT2D eigenvalue weighted by molar-refractivity contribution is 6.33. The zero-order valence-corrected chi connectivity index (χ0v) is 31.3. The van der Waals surface area contributed by atoms with Crippen LogP contribution in [0.25, 0.3) is 0 Å². The smallest absolute Gasteiger partial charge is 0.433 e. The Morgan fingerprint density at radius 3 is 2.38 bits per heavy atom. The van der Waals surface area contributed by atoms with E-state index in [1.165, 1.54) is 19.2 Å². The van der Waals surface area contributed by atoms with Crippen LogP contribution in [0.15, 0.2) is 96.6 Å². The number of nitrogens with zero attached hydrogens (tertiary/aromatic N) is 4. The third-order valence-corrected chi connectivity index (χ3v) is 12.0. The molecule has 3 fully saturated rings. The third-order valence-electron chi connectivity index (χ3n) is 11.5. The Bertz CT molecular complexity index is 2340. The molecular formula is C41H33Cl2F3N4O6. The van der Waals surface area contributed by atoms with Crippen LogP contribution in [0, 0.1) is 23.7 Å². The standard InChI is InChI=1S/C41H33Cl2F3N4O6/c1-3-56-31-18-21(12-16-30(31)51)34-25-13-14-26-33(38(54)50(36(26)52)48(2)35-29(43)15-17-32(47-35)41(44,45)46)27(25)20-28-37(53)49(24-11-7-10-23(42)19-24)39(55)40(28,34)22-8-5-4-6-9-22/h4-13,15-19,26-28,33-34,51H,3,14,20H2,1-2H3. The van der Waals surface area contributed by atoms with Crippen molar-refractivity contribution in [2.45, 2.75) is 37.3 Å². The van der Waals surface area contributed by atoms with Crippen LogP contribution in [-0.4, -0.2) is 52.4 Å². The third kappa shape index (κ3) is 5.57. The summed E-state index contributed by atoms with van der Waals surface area (Å²) in [5, 5.41) is 12.6. The van der Waals surface area contributed by atoms with Crippen LogP contribution in [0.4, 0.5) is 24.7 Å². The van der Waals surface area contributed by atoms with Gasteiger partial charge >= 0.3 is 6.18 Å². The van der Waals surface area contributed by atoms with Gasteiger partial charge in [0, 0.05) is 18.0 Å². The highest BCUT2D eigenvalue weighted by Crippen LogP contribution is 2.65. The van der Waals surface area contributed by atoms with Gasteiger partial charge in [-0.05, 0) is 79.3 Å². The number of imide groups is 2. The molecule has 0 spiro atoms. The van der Waals surface area contributed by atoms with E-state index in [2.05, 4.69) is 4.98 Å². The molecular weight excluding hydrogens is 772 g/mol. The lowest BCUT2D eigenvalue weighted by Gasteiger charge is -2.50. The molecule has 0 radical (unpaired) electrons. The Balaban J connectivity index is 1.31. The molecule has 1 saturated carbocycles. The van der Waals surface area contributed by atoms with E-state index in [9.17, 15) is 32.7 Å². The molecule has 56 heavy (non-hydrogen) atoms. The number of pyridine rings is 1. The molecule has 3 aromatic carbocycles. The molecule has 15 heteroatoms. The first-order valence-electron chi connectivity index (χ1n) is 17.9. The molecule has 2 aliphatic heterocycles. The number of aromatic hydroxyl groups is 1. The topological polar surface area (TPSA) is 120 Å². The largest absolute Gasteiger partial charge is 0.504 e. The van der Waals surface area contributed by atoms with E-state index in [0.717, 1.165) is 21.0 Å². The SMILES string of the molecule is CCOc1cc(C2C3=CCC4C(=O)N(N(C)c5nc(C(F)(F)F)ccc5Cl)C(=O)C4C3CC3C(=O)N(c4cccc(Cl)c4)C(=O)C32c2ccccc2)ccc1O. The van der Waals surface area contributed by atoms with Crippen LogP contribution < -0.4 is 14.6 Å². The van der Waals surface area contributed by atoms with Crippen molar-refractivity contribution >= 4 is 58.3 Å². The number of aromatic nitrogens is 1. The molecule has 6 atom stereocenters. The number of fused-ring (bicyclic) bond motifs is 4. The van der Waals surface area contributed by atoms with Crippen LogP contribution in [0.5, 0.6) is 11.5 Å². The van der Waals surface area contributed by atoms with E-state index in [-0.39, 0.29) is 41.7 Å². The Morgan fingerprint density at radius 2 is 1.68 bits per heavy atom. The molecule has 4 aliphatic rings. The molecule has 1 N–H and O–H groups in total. The normalized spacial score (nSPS) is 25.8. The summed E-state index contributed by atoms with van der Waals surface area (Å²) in [4.78, 5) is 64.0. The van der Waals surface area contributed by atoms with E-state index in [0.29, 0.717) is 27.8 Å². The molecule has 8 rings (SSSR count). The highest BCUT2D eigenvalue weighted by Gasteiger charge is 2.70. The molecule has 2 saturated heterocycles. The first kappa shape index (κ1) is 37.5. The zero-order chi connectivity index (χ0) is 39.8. The number of phenolic OH excluding ortho intramolecular Hbond substituents is 1. The maximum atomic E-state index is 15.4. The van der Waals surface area contributed by atoms with Crippen LogP contribution in [0.3, 0.4) is 0 Å². The number of carbonyl (C=O) groups excluding carboxylic acids is 4. The molecule has 6 unspecified atom stereocenters. The number of allylic oxidation sites excluding steroid dienone is 2. The first-order valence-corrected chi connectivity index (χ1v) is 18.7. The van der Waals surface area contributed by atoms with Crippen LogP contribution in [0.2, 0.25) is 10.0 Å². The number of anilines is 2. The van der Waals surface area contributed by atoms with Crippen molar-refractivity contribution < 1.29 is 42.2 Å². The number of rotatable bonds is 7. The fourth-order valence-electron chi connectivity index (χ4n) is 9.29. The second-order valence-corrected chi connectivity index (χ2v) is 15.1. The maximum absolute atomic E-state index is 15.4. The maximum Gasteiger partial charge on any atom is 0.433 e. The van der Waals surface area contributed by atoms with Gasteiger partial charge in [0.2, 0.25) is 11.8 Å². The van der Waals surface area contributed by atoms with Gasteiger partial charge < -0.3 is 9.84 Å². The lowest BCUT2D eigenvalue weighted by Crippen LogP contribution is -2.53. The van der Waals surface area contributed by atoms with Crippen molar-refractivity contribution in [2.75, 3.05) is 23.6 Å². The Morgan fingerprint density at radius 1 is 0.929 bits per heavy atom. The second-order valence-electron chi connectivity index (χ2n) is 14.3. The lowest BCUT2D eigenvalue weighted by molar-refractivity contribution is -0.141. The summed E-state index contributed by atoms with van der Waals surface area (Å²) in [6.07, 6.45) is -2.95. The number of phenols is 1. The summed E-state index contributed by atoms with van der Waals surface area (Å²) in [5.41, 5.74) is -0.870. The van der Waals surface area contributed by atoms with Crippen molar-refractivity contribution in [3.05, 3.63) is 123 Å². The van der Waals surface area contributed by atoms with E-state index < -0.39 is 76.3 Å². The number of benzene rings is 3. The number of hydrogen-bond acceptors (Lipinski definition) is 8. The van der Waals surface area contributed by atoms with Gasteiger partial charge in [-0.2, -0.15) is 18.2 Å². The van der Waals surface area contributed by atoms with Crippen molar-refractivity contribution in [3.63, 3.8) is 0 Å². The number of hydrogen-bond donors (Lipinski definition) is 1. The van der Waals surface area contributed by atoms with E-state index in [1.54, 1.807) is 67.6 Å². The summed E-state index contributed by atoms with van der Waals surface area (Å²) in [6, 6.07) is 21.8. The Kier molecular flexibility index (Phi) is 9.15. The van der Waals surface area contributed by atoms with E-state index in [1.807, 2.05) is 6.08 Å². The van der Waals surface area contributed by atoms with Gasteiger partial charge in [0.05, 0.1) is 40.5 Å². The van der Waals surface area contributed by atoms with Crippen LogP contribution in [0.1, 0.15) is 42.5 Å². The molecule has 4 aromatic rings. The number of ether oxygens (including phenoxy) is 1. The zero-order valence-electron chi connectivity index (χ0n) is 29.8. The van der Waals surface area contributed by atoms with Gasteiger partial charge in [0.25, 0.3) is 11.8 Å². The van der Waals surface area contributed by atoms with Crippen molar-refractivity contribution in [1.82, 2.24) is 9.99 Å². The quantitative estimate of drug-likeness (QED) is 0.149. The van der Waals surface area contributed by atoms with Gasteiger partial charge in [-0.1, -0.05) is 77.3 Å². The summed E-state index contributed by atoms with van der Waals surface area (Å²) in [6.45, 7) is 1.97. The molecule has 2 aliphatic carbocycles. The number of halogens is 5. The average molecular weight is 806 g/mol. The summed E-state index contributed by atoms with van der Waals surface area (Å²) in [5.74, 6) is -7.61. The average Bonchev–Trinajstić information content (AvgIpc) is 3.56. The van der Waals surface area contributed by atoms with E-state index >= 15 is 4.79 Å². The van der Waals surface area contributed by atoms with Gasteiger partial charge in [-0.3, -0.25) is 24.2 Å². The van der Waals surface area contributed by atoms with Gasteiger partial charge in [0.1, 0.15) is 5.69 Å². The van der Waals surface area contributed by atoms with Crippen LogP contribution >= 0.6 is 23.2 Å². The minimum absolute atomic E-state index is 0.0183. The molecule has 3 heterocycles. The summed E-state index contributed by atoms with van der Waals surface area (Å²) >= 11 is 12.7. The number of amides is 4. The van der Waals surface area contributed by atoms with Gasteiger partial charge in [0.15, 0.2) is 17.3 Å².